The number of rotatable bonds is 3. The normalized spacial score (nSPS) is 10.7. The minimum absolute atomic E-state index is 0.0747. The number of aromatic nitrogens is 2. The monoisotopic (exact) mass is 269 g/mol. The van der Waals surface area contributed by atoms with Gasteiger partial charge in [-0.1, -0.05) is 6.07 Å². The summed E-state index contributed by atoms with van der Waals surface area (Å²) in [6.45, 7) is 0.0747. The lowest BCUT2D eigenvalue weighted by molar-refractivity contribution is 0.288. The summed E-state index contributed by atoms with van der Waals surface area (Å²) in [6.07, 6.45) is 4.81. The van der Waals surface area contributed by atoms with Gasteiger partial charge in [0.25, 0.3) is 0 Å². The number of hydrogen-bond donors (Lipinski definition) is 1. The maximum atomic E-state index is 14.2. The third-order valence-electron chi connectivity index (χ3n) is 3.01. The van der Waals surface area contributed by atoms with Crippen molar-refractivity contribution >= 4 is 16.5 Å². The number of hydrogen-bond acceptors (Lipinski definition) is 4. The third-order valence-corrected chi connectivity index (χ3v) is 3.01. The quantitative estimate of drug-likeness (QED) is 0.743. The average molecular weight is 269 g/mol. The van der Waals surface area contributed by atoms with Gasteiger partial charge in [-0.25, -0.2) is 9.37 Å². The van der Waals surface area contributed by atoms with E-state index in [1.54, 1.807) is 48.9 Å². The summed E-state index contributed by atoms with van der Waals surface area (Å²) >= 11 is 0. The number of benzene rings is 1. The molecule has 0 atom stereocenters. The lowest BCUT2D eigenvalue weighted by Crippen LogP contribution is -2.03. The minimum Gasteiger partial charge on any atom is -0.473 e. The SMILES string of the molecule is Nc1c(F)c(COc2ccccn2)cc2ccncc12. The van der Waals surface area contributed by atoms with Crippen molar-refractivity contribution in [2.75, 3.05) is 5.73 Å². The molecule has 0 saturated carbocycles. The molecule has 0 amide bonds. The molecule has 2 N–H and O–H groups in total. The first-order chi connectivity index (χ1) is 9.75. The number of nitrogens with zero attached hydrogens (tertiary/aromatic N) is 2. The molecule has 0 bridgehead atoms. The molecule has 100 valence electrons. The molecule has 20 heavy (non-hydrogen) atoms. The molecular weight excluding hydrogens is 257 g/mol. The van der Waals surface area contributed by atoms with Gasteiger partial charge >= 0.3 is 0 Å². The average Bonchev–Trinajstić information content (AvgIpc) is 2.50. The van der Waals surface area contributed by atoms with Crippen molar-refractivity contribution in [3.05, 3.63) is 60.3 Å². The molecule has 0 spiro atoms. The fraction of sp³-hybridized carbons (Fsp3) is 0.0667. The van der Waals surface area contributed by atoms with Crippen LogP contribution in [0.2, 0.25) is 0 Å². The predicted octanol–water partition coefficient (Wildman–Crippen LogP) is 2.93. The van der Waals surface area contributed by atoms with Crippen molar-refractivity contribution in [2.24, 2.45) is 0 Å². The molecule has 0 saturated heterocycles. The summed E-state index contributed by atoms with van der Waals surface area (Å²) in [7, 11) is 0. The maximum absolute atomic E-state index is 14.2. The Morgan fingerprint density at radius 1 is 1.20 bits per heavy atom. The summed E-state index contributed by atoms with van der Waals surface area (Å²) in [5, 5.41) is 1.44. The Labute approximate surface area is 115 Å². The molecule has 3 rings (SSSR count). The van der Waals surface area contributed by atoms with Gasteiger partial charge in [0.1, 0.15) is 6.61 Å². The lowest BCUT2D eigenvalue weighted by Gasteiger charge is -2.10. The highest BCUT2D eigenvalue weighted by molar-refractivity contribution is 5.93. The van der Waals surface area contributed by atoms with E-state index in [0.717, 1.165) is 5.39 Å². The first-order valence-electron chi connectivity index (χ1n) is 6.10. The van der Waals surface area contributed by atoms with Crippen molar-refractivity contribution in [2.45, 2.75) is 6.61 Å². The van der Waals surface area contributed by atoms with Crippen LogP contribution in [0.1, 0.15) is 5.56 Å². The van der Waals surface area contributed by atoms with E-state index in [4.69, 9.17) is 10.5 Å². The summed E-state index contributed by atoms with van der Waals surface area (Å²) in [4.78, 5) is 7.97. The Balaban J connectivity index is 1.94. The van der Waals surface area contributed by atoms with Crippen molar-refractivity contribution in [3.8, 4) is 5.88 Å². The Kier molecular flexibility index (Phi) is 3.16. The second-order valence-corrected chi connectivity index (χ2v) is 4.32. The molecule has 2 aromatic heterocycles. The van der Waals surface area contributed by atoms with Crippen LogP contribution < -0.4 is 10.5 Å². The number of nitrogens with two attached hydrogens (primary N) is 1. The van der Waals surface area contributed by atoms with Crippen LogP contribution in [0.3, 0.4) is 0 Å². The first kappa shape index (κ1) is 12.3. The standard InChI is InChI=1S/C15H12FN3O/c16-14-11(9-20-13-3-1-2-5-19-13)7-10-4-6-18-8-12(10)15(14)17/h1-8H,9,17H2. The van der Waals surface area contributed by atoms with Crippen molar-refractivity contribution in [3.63, 3.8) is 0 Å². The van der Waals surface area contributed by atoms with Crippen LogP contribution in [0.5, 0.6) is 5.88 Å². The van der Waals surface area contributed by atoms with E-state index in [2.05, 4.69) is 9.97 Å². The second kappa shape index (κ2) is 5.13. The van der Waals surface area contributed by atoms with E-state index in [-0.39, 0.29) is 12.3 Å². The van der Waals surface area contributed by atoms with E-state index in [1.165, 1.54) is 0 Å². The molecule has 4 nitrogen and oxygen atoms in total. The first-order valence-corrected chi connectivity index (χ1v) is 6.10. The molecule has 3 aromatic rings. The Bertz CT molecular complexity index is 747. The van der Waals surface area contributed by atoms with Crippen molar-refractivity contribution in [1.82, 2.24) is 9.97 Å². The number of fused-ring (bicyclic) bond motifs is 1. The van der Waals surface area contributed by atoms with Gasteiger partial charge in [-0.3, -0.25) is 4.98 Å². The molecule has 1 aromatic carbocycles. The number of ether oxygens (including phenoxy) is 1. The molecule has 0 fully saturated rings. The lowest BCUT2D eigenvalue weighted by atomic mass is 10.1. The van der Waals surface area contributed by atoms with E-state index in [0.29, 0.717) is 16.8 Å². The summed E-state index contributed by atoms with van der Waals surface area (Å²) in [6, 6.07) is 8.81. The highest BCUT2D eigenvalue weighted by atomic mass is 19.1. The van der Waals surface area contributed by atoms with Gasteiger partial charge in [-0.2, -0.15) is 0 Å². The molecule has 0 radical (unpaired) electrons. The van der Waals surface area contributed by atoms with Crippen molar-refractivity contribution < 1.29 is 9.13 Å². The second-order valence-electron chi connectivity index (χ2n) is 4.32. The highest BCUT2D eigenvalue weighted by Crippen LogP contribution is 2.27. The molecule has 2 heterocycles. The highest BCUT2D eigenvalue weighted by Gasteiger charge is 2.11. The summed E-state index contributed by atoms with van der Waals surface area (Å²) in [5.74, 6) is -0.0262. The summed E-state index contributed by atoms with van der Waals surface area (Å²) < 4.78 is 19.6. The van der Waals surface area contributed by atoms with Crippen LogP contribution in [-0.2, 0) is 6.61 Å². The molecule has 0 aliphatic heterocycles. The van der Waals surface area contributed by atoms with Crippen molar-refractivity contribution in [1.29, 1.82) is 0 Å². The minimum atomic E-state index is -0.471. The largest absolute Gasteiger partial charge is 0.473 e. The third kappa shape index (κ3) is 2.25. The van der Waals surface area contributed by atoms with Crippen LogP contribution in [-0.4, -0.2) is 9.97 Å². The van der Waals surface area contributed by atoms with E-state index in [9.17, 15) is 4.39 Å². The van der Waals surface area contributed by atoms with E-state index >= 15 is 0 Å². The van der Waals surface area contributed by atoms with Gasteiger partial charge < -0.3 is 10.5 Å². The number of nitrogen functional groups attached to an aromatic ring is 1. The Hall–Kier alpha value is -2.69. The van der Waals surface area contributed by atoms with Crippen LogP contribution in [0.25, 0.3) is 10.8 Å². The predicted molar refractivity (Wildman–Crippen MR) is 74.7 cm³/mol. The Morgan fingerprint density at radius 3 is 2.90 bits per heavy atom. The van der Waals surface area contributed by atoms with Gasteiger partial charge in [-0.05, 0) is 23.6 Å². The van der Waals surface area contributed by atoms with E-state index < -0.39 is 5.82 Å². The molecular formula is C15H12FN3O. The zero-order chi connectivity index (χ0) is 13.9. The number of pyridine rings is 2. The van der Waals surface area contributed by atoms with Crippen LogP contribution in [0, 0.1) is 5.82 Å². The van der Waals surface area contributed by atoms with Crippen LogP contribution >= 0.6 is 0 Å². The van der Waals surface area contributed by atoms with Crippen LogP contribution in [0.15, 0.2) is 48.9 Å². The molecule has 0 unspecified atom stereocenters. The number of anilines is 1. The molecule has 0 aliphatic carbocycles. The fourth-order valence-corrected chi connectivity index (χ4v) is 1.99. The van der Waals surface area contributed by atoms with Gasteiger partial charge in [0, 0.05) is 35.6 Å². The zero-order valence-corrected chi connectivity index (χ0v) is 10.6. The molecule has 0 aliphatic rings. The van der Waals surface area contributed by atoms with E-state index in [1.807, 2.05) is 0 Å². The van der Waals surface area contributed by atoms with Gasteiger partial charge in [-0.15, -0.1) is 0 Å². The topological polar surface area (TPSA) is 61.0 Å². The zero-order valence-electron chi connectivity index (χ0n) is 10.6. The van der Waals surface area contributed by atoms with Gasteiger partial charge in [0.15, 0.2) is 5.82 Å². The number of halogens is 1. The van der Waals surface area contributed by atoms with Gasteiger partial charge in [0.2, 0.25) is 5.88 Å². The van der Waals surface area contributed by atoms with Gasteiger partial charge in [0.05, 0.1) is 5.69 Å². The fourth-order valence-electron chi connectivity index (χ4n) is 1.99. The van der Waals surface area contributed by atoms with Crippen LogP contribution in [0.4, 0.5) is 10.1 Å². The smallest absolute Gasteiger partial charge is 0.213 e. The maximum Gasteiger partial charge on any atom is 0.213 e. The molecule has 5 heteroatoms. The Morgan fingerprint density at radius 2 is 2.10 bits per heavy atom. The summed E-state index contributed by atoms with van der Waals surface area (Å²) in [5.41, 5.74) is 6.29.